The van der Waals surface area contributed by atoms with Gasteiger partial charge in [0.25, 0.3) is 0 Å². The van der Waals surface area contributed by atoms with Crippen LogP contribution in [0, 0.1) is 0 Å². The SMILES string of the molecule is Nc1nc(N)c(-c2cc3ccccc3s2)c(Cl)n1. The number of benzene rings is 1. The lowest BCUT2D eigenvalue weighted by atomic mass is 10.2. The van der Waals surface area contributed by atoms with Gasteiger partial charge < -0.3 is 11.5 Å². The van der Waals surface area contributed by atoms with Crippen LogP contribution in [-0.4, -0.2) is 9.97 Å². The highest BCUT2D eigenvalue weighted by atomic mass is 35.5. The van der Waals surface area contributed by atoms with Crippen molar-refractivity contribution in [2.24, 2.45) is 0 Å². The maximum Gasteiger partial charge on any atom is 0.223 e. The second kappa shape index (κ2) is 4.12. The lowest BCUT2D eigenvalue weighted by molar-refractivity contribution is 1.20. The zero-order valence-electron chi connectivity index (χ0n) is 9.22. The van der Waals surface area contributed by atoms with Gasteiger partial charge in [0.2, 0.25) is 5.95 Å². The zero-order chi connectivity index (χ0) is 12.7. The first-order chi connectivity index (χ1) is 8.65. The molecule has 0 unspecified atom stereocenters. The van der Waals surface area contributed by atoms with Gasteiger partial charge >= 0.3 is 0 Å². The van der Waals surface area contributed by atoms with Crippen molar-refractivity contribution in [3.05, 3.63) is 35.5 Å². The number of aromatic nitrogens is 2. The molecule has 2 aromatic heterocycles. The molecule has 0 atom stereocenters. The molecule has 0 aliphatic heterocycles. The van der Waals surface area contributed by atoms with Crippen molar-refractivity contribution in [3.8, 4) is 10.4 Å². The Morgan fingerprint density at radius 2 is 1.89 bits per heavy atom. The molecule has 0 saturated carbocycles. The molecular weight excluding hydrogens is 268 g/mol. The van der Waals surface area contributed by atoms with E-state index in [-0.39, 0.29) is 11.1 Å². The van der Waals surface area contributed by atoms with E-state index in [4.69, 9.17) is 23.1 Å². The van der Waals surface area contributed by atoms with Crippen molar-refractivity contribution < 1.29 is 0 Å². The van der Waals surface area contributed by atoms with Crippen LogP contribution in [0.1, 0.15) is 0 Å². The van der Waals surface area contributed by atoms with Crippen LogP contribution in [0.15, 0.2) is 30.3 Å². The first kappa shape index (κ1) is 11.3. The van der Waals surface area contributed by atoms with Crippen molar-refractivity contribution in [1.82, 2.24) is 9.97 Å². The number of rotatable bonds is 1. The van der Waals surface area contributed by atoms with Crippen molar-refractivity contribution in [3.63, 3.8) is 0 Å². The highest BCUT2D eigenvalue weighted by Crippen LogP contribution is 2.39. The number of hydrogen-bond acceptors (Lipinski definition) is 5. The highest BCUT2D eigenvalue weighted by molar-refractivity contribution is 7.22. The van der Waals surface area contributed by atoms with Crippen molar-refractivity contribution in [2.45, 2.75) is 0 Å². The molecule has 6 heteroatoms. The molecule has 3 aromatic rings. The van der Waals surface area contributed by atoms with Crippen LogP contribution < -0.4 is 11.5 Å². The fourth-order valence-corrected chi connectivity index (χ4v) is 3.26. The van der Waals surface area contributed by atoms with Crippen LogP contribution in [0.2, 0.25) is 5.15 Å². The Morgan fingerprint density at radius 3 is 2.61 bits per heavy atom. The van der Waals surface area contributed by atoms with Gasteiger partial charge in [-0.15, -0.1) is 11.3 Å². The first-order valence-electron chi connectivity index (χ1n) is 5.22. The Bertz CT molecular complexity index is 682. The Labute approximate surface area is 112 Å². The Kier molecular flexibility index (Phi) is 2.57. The van der Waals surface area contributed by atoms with Crippen LogP contribution in [0.5, 0.6) is 0 Å². The van der Waals surface area contributed by atoms with Gasteiger partial charge in [-0.25, -0.2) is 4.98 Å². The summed E-state index contributed by atoms with van der Waals surface area (Å²) in [6.07, 6.45) is 0. The number of nitrogens with two attached hydrogens (primary N) is 2. The van der Waals surface area contributed by atoms with Crippen LogP contribution in [-0.2, 0) is 0 Å². The Balaban J connectivity index is 2.26. The molecule has 4 N–H and O–H groups in total. The average molecular weight is 277 g/mol. The van der Waals surface area contributed by atoms with E-state index >= 15 is 0 Å². The Morgan fingerprint density at radius 1 is 1.11 bits per heavy atom. The minimum absolute atomic E-state index is 0.0855. The number of halogens is 1. The van der Waals surface area contributed by atoms with E-state index in [1.54, 1.807) is 11.3 Å². The molecule has 3 rings (SSSR count). The quantitative estimate of drug-likeness (QED) is 0.669. The minimum atomic E-state index is 0.0855. The molecule has 0 aliphatic carbocycles. The summed E-state index contributed by atoms with van der Waals surface area (Å²) in [5.74, 6) is 0.390. The van der Waals surface area contributed by atoms with E-state index < -0.39 is 0 Å². The van der Waals surface area contributed by atoms with E-state index in [0.29, 0.717) is 11.4 Å². The summed E-state index contributed by atoms with van der Waals surface area (Å²) in [7, 11) is 0. The summed E-state index contributed by atoms with van der Waals surface area (Å²) in [6.45, 7) is 0. The largest absolute Gasteiger partial charge is 0.383 e. The first-order valence-corrected chi connectivity index (χ1v) is 6.42. The summed E-state index contributed by atoms with van der Waals surface area (Å²) in [6, 6.07) is 10.1. The maximum absolute atomic E-state index is 6.09. The van der Waals surface area contributed by atoms with E-state index in [2.05, 4.69) is 9.97 Å². The average Bonchev–Trinajstić information content (AvgIpc) is 2.70. The van der Waals surface area contributed by atoms with Crippen molar-refractivity contribution in [1.29, 1.82) is 0 Å². The molecule has 0 spiro atoms. The van der Waals surface area contributed by atoms with Gasteiger partial charge in [-0.1, -0.05) is 29.8 Å². The molecular formula is C12H9ClN4S. The van der Waals surface area contributed by atoms with Crippen LogP contribution in [0.3, 0.4) is 0 Å². The van der Waals surface area contributed by atoms with Gasteiger partial charge in [0.05, 0.1) is 5.56 Å². The topological polar surface area (TPSA) is 77.8 Å². The number of fused-ring (bicyclic) bond motifs is 1. The molecule has 0 amide bonds. The molecule has 0 saturated heterocycles. The second-order valence-corrected chi connectivity index (χ2v) is 5.22. The molecule has 2 heterocycles. The minimum Gasteiger partial charge on any atom is -0.383 e. The summed E-state index contributed by atoms with van der Waals surface area (Å²) >= 11 is 7.69. The third-order valence-corrected chi connectivity index (χ3v) is 3.99. The van der Waals surface area contributed by atoms with Gasteiger partial charge in [-0.05, 0) is 17.5 Å². The maximum atomic E-state index is 6.09. The Hall–Kier alpha value is -1.85. The summed E-state index contributed by atoms with van der Waals surface area (Å²) in [5, 5.41) is 1.43. The smallest absolute Gasteiger partial charge is 0.223 e. The number of nitrogens with zero attached hydrogens (tertiary/aromatic N) is 2. The number of nitrogen functional groups attached to an aromatic ring is 2. The predicted octanol–water partition coefficient (Wildman–Crippen LogP) is 3.18. The van der Waals surface area contributed by atoms with E-state index in [1.807, 2.05) is 30.3 Å². The lowest BCUT2D eigenvalue weighted by Gasteiger charge is -2.04. The van der Waals surface area contributed by atoms with Gasteiger partial charge in [0.1, 0.15) is 11.0 Å². The van der Waals surface area contributed by atoms with Crippen LogP contribution in [0.25, 0.3) is 20.5 Å². The third kappa shape index (κ3) is 1.77. The molecule has 4 nitrogen and oxygen atoms in total. The van der Waals surface area contributed by atoms with Gasteiger partial charge in [-0.3, -0.25) is 0 Å². The monoisotopic (exact) mass is 276 g/mol. The lowest BCUT2D eigenvalue weighted by Crippen LogP contribution is -2.01. The van der Waals surface area contributed by atoms with Crippen molar-refractivity contribution >= 4 is 44.8 Å². The molecule has 0 radical (unpaired) electrons. The van der Waals surface area contributed by atoms with Crippen LogP contribution >= 0.6 is 22.9 Å². The van der Waals surface area contributed by atoms with E-state index in [1.165, 1.54) is 4.70 Å². The molecule has 1 aromatic carbocycles. The summed E-state index contributed by atoms with van der Waals surface area (Å²) < 4.78 is 1.17. The number of thiophene rings is 1. The zero-order valence-corrected chi connectivity index (χ0v) is 10.8. The predicted molar refractivity (Wildman–Crippen MR) is 76.7 cm³/mol. The fourth-order valence-electron chi connectivity index (χ4n) is 1.80. The summed E-state index contributed by atoms with van der Waals surface area (Å²) in [5.41, 5.74) is 12.0. The third-order valence-electron chi connectivity index (χ3n) is 2.58. The fraction of sp³-hybridized carbons (Fsp3) is 0. The van der Waals surface area contributed by atoms with Gasteiger partial charge in [0, 0.05) is 9.58 Å². The van der Waals surface area contributed by atoms with Crippen LogP contribution in [0.4, 0.5) is 11.8 Å². The highest BCUT2D eigenvalue weighted by Gasteiger charge is 2.14. The second-order valence-electron chi connectivity index (χ2n) is 3.78. The van der Waals surface area contributed by atoms with Gasteiger partial charge in [0.15, 0.2) is 0 Å². The standard InChI is InChI=1S/C12H9ClN4S/c13-10-9(11(14)17-12(15)16-10)8-5-6-3-1-2-4-7(6)18-8/h1-5H,(H4,14,15,16,17). The molecule has 18 heavy (non-hydrogen) atoms. The van der Waals surface area contributed by atoms with Gasteiger partial charge in [-0.2, -0.15) is 4.98 Å². The number of hydrogen-bond donors (Lipinski definition) is 2. The van der Waals surface area contributed by atoms with Crippen molar-refractivity contribution in [2.75, 3.05) is 11.5 Å². The molecule has 0 fully saturated rings. The van der Waals surface area contributed by atoms with E-state index in [0.717, 1.165) is 10.3 Å². The summed E-state index contributed by atoms with van der Waals surface area (Å²) in [4.78, 5) is 8.83. The molecule has 0 aliphatic rings. The normalized spacial score (nSPS) is 10.9. The number of anilines is 2. The molecule has 0 bridgehead atoms. The molecule has 90 valence electrons. The van der Waals surface area contributed by atoms with E-state index in [9.17, 15) is 0 Å².